The molecule has 2 N–H and O–H groups in total. The minimum atomic E-state index is -0.0189. The molecule has 6 heteroatoms. The molecule has 0 spiro atoms. The number of anilines is 2. The molecule has 1 aromatic carbocycles. The van der Waals surface area contributed by atoms with Gasteiger partial charge in [-0.3, -0.25) is 4.79 Å². The molecule has 1 amide bonds. The molecule has 0 fully saturated rings. The molecular weight excluding hydrogens is 254 g/mol. The van der Waals surface area contributed by atoms with Gasteiger partial charge in [0, 0.05) is 12.2 Å². The van der Waals surface area contributed by atoms with Crippen LogP contribution in [0.2, 0.25) is 0 Å². The van der Waals surface area contributed by atoms with Crippen LogP contribution in [0.1, 0.15) is 19.8 Å². The van der Waals surface area contributed by atoms with Crippen molar-refractivity contribution in [2.24, 2.45) is 0 Å². The van der Waals surface area contributed by atoms with Crippen LogP contribution in [0.3, 0.4) is 0 Å². The fourth-order valence-corrected chi connectivity index (χ4v) is 1.93. The summed E-state index contributed by atoms with van der Waals surface area (Å²) < 4.78 is 1.46. The molecule has 0 bridgehead atoms. The van der Waals surface area contributed by atoms with Gasteiger partial charge in [0.25, 0.3) is 0 Å². The molecule has 2 aromatic rings. The standard InChI is InChI=1S/C14H19N5O/c1-2-3-9-19(12-7-5-4-6-8-12)13(20)10-18-11-16-14(15)17-18/h4-8,11H,2-3,9-10H2,1H3,(H2,15,17). The van der Waals surface area contributed by atoms with Crippen LogP contribution in [0.25, 0.3) is 0 Å². The van der Waals surface area contributed by atoms with Gasteiger partial charge in [0.1, 0.15) is 12.9 Å². The van der Waals surface area contributed by atoms with Gasteiger partial charge in [0.15, 0.2) is 0 Å². The van der Waals surface area contributed by atoms with E-state index in [1.807, 2.05) is 30.3 Å². The van der Waals surface area contributed by atoms with Crippen LogP contribution in [-0.2, 0) is 11.3 Å². The lowest BCUT2D eigenvalue weighted by Gasteiger charge is -2.22. The largest absolute Gasteiger partial charge is 0.367 e. The average Bonchev–Trinajstić information content (AvgIpc) is 2.86. The summed E-state index contributed by atoms with van der Waals surface area (Å²) in [6.45, 7) is 2.94. The number of nitrogens with two attached hydrogens (primary N) is 1. The third-order valence-electron chi connectivity index (χ3n) is 2.96. The number of hydrogen-bond donors (Lipinski definition) is 1. The summed E-state index contributed by atoms with van der Waals surface area (Å²) in [6.07, 6.45) is 3.46. The van der Waals surface area contributed by atoms with Crippen molar-refractivity contribution < 1.29 is 4.79 Å². The number of aromatic nitrogens is 3. The van der Waals surface area contributed by atoms with E-state index in [0.29, 0.717) is 6.54 Å². The Morgan fingerprint density at radius 2 is 2.10 bits per heavy atom. The fraction of sp³-hybridized carbons (Fsp3) is 0.357. The Balaban J connectivity index is 2.11. The van der Waals surface area contributed by atoms with Crippen LogP contribution in [-0.4, -0.2) is 27.2 Å². The highest BCUT2D eigenvalue weighted by Crippen LogP contribution is 2.15. The number of rotatable bonds is 6. The van der Waals surface area contributed by atoms with Crippen LogP contribution in [0.5, 0.6) is 0 Å². The molecule has 0 aliphatic heterocycles. The van der Waals surface area contributed by atoms with E-state index in [1.54, 1.807) is 4.90 Å². The minimum Gasteiger partial charge on any atom is -0.367 e. The summed E-state index contributed by atoms with van der Waals surface area (Å²) >= 11 is 0. The van der Waals surface area contributed by atoms with Gasteiger partial charge in [-0.05, 0) is 18.6 Å². The Bertz CT molecular complexity index is 552. The number of carbonyl (C=O) groups is 1. The second kappa shape index (κ2) is 6.70. The number of amides is 1. The first-order valence-electron chi connectivity index (χ1n) is 6.71. The van der Waals surface area contributed by atoms with Gasteiger partial charge in [-0.1, -0.05) is 31.5 Å². The van der Waals surface area contributed by atoms with E-state index in [2.05, 4.69) is 17.0 Å². The number of hydrogen-bond acceptors (Lipinski definition) is 4. The maximum atomic E-state index is 12.4. The Kier molecular flexibility index (Phi) is 4.70. The molecule has 0 aliphatic carbocycles. The van der Waals surface area contributed by atoms with Gasteiger partial charge in [-0.15, -0.1) is 5.10 Å². The Morgan fingerprint density at radius 1 is 1.35 bits per heavy atom. The average molecular weight is 273 g/mol. The van der Waals surface area contributed by atoms with Gasteiger partial charge in [0.05, 0.1) is 0 Å². The highest BCUT2D eigenvalue weighted by atomic mass is 16.2. The number of nitrogens with zero attached hydrogens (tertiary/aromatic N) is 4. The lowest BCUT2D eigenvalue weighted by atomic mass is 10.2. The quantitative estimate of drug-likeness (QED) is 0.869. The number of carbonyl (C=O) groups excluding carboxylic acids is 1. The molecule has 106 valence electrons. The Hall–Kier alpha value is -2.37. The van der Waals surface area contributed by atoms with Gasteiger partial charge >= 0.3 is 0 Å². The molecular formula is C14H19N5O. The molecule has 0 aliphatic rings. The predicted molar refractivity (Wildman–Crippen MR) is 78.1 cm³/mol. The zero-order valence-corrected chi connectivity index (χ0v) is 11.6. The molecule has 0 saturated heterocycles. The summed E-state index contributed by atoms with van der Waals surface area (Å²) in [6, 6.07) is 9.65. The van der Waals surface area contributed by atoms with Crippen molar-refractivity contribution in [3.8, 4) is 0 Å². The lowest BCUT2D eigenvalue weighted by Crippen LogP contribution is -2.34. The number of unbranched alkanes of at least 4 members (excludes halogenated alkanes) is 1. The van der Waals surface area contributed by atoms with Crippen LogP contribution >= 0.6 is 0 Å². The molecule has 0 radical (unpaired) electrons. The second-order valence-electron chi connectivity index (χ2n) is 4.53. The SMILES string of the molecule is CCCCN(C(=O)Cn1cnc(N)n1)c1ccccc1. The highest BCUT2D eigenvalue weighted by molar-refractivity contribution is 5.93. The van der Waals surface area contributed by atoms with E-state index in [-0.39, 0.29) is 18.4 Å². The van der Waals surface area contributed by atoms with E-state index in [0.717, 1.165) is 18.5 Å². The molecule has 0 saturated carbocycles. The summed E-state index contributed by atoms with van der Waals surface area (Å²) in [5, 5.41) is 3.94. The van der Waals surface area contributed by atoms with Crippen molar-refractivity contribution in [3.63, 3.8) is 0 Å². The number of nitrogen functional groups attached to an aromatic ring is 1. The van der Waals surface area contributed by atoms with Crippen LogP contribution in [0.15, 0.2) is 36.7 Å². The normalized spacial score (nSPS) is 10.4. The zero-order valence-electron chi connectivity index (χ0n) is 11.6. The molecule has 0 unspecified atom stereocenters. The topological polar surface area (TPSA) is 77.0 Å². The highest BCUT2D eigenvalue weighted by Gasteiger charge is 2.16. The van der Waals surface area contributed by atoms with Crippen molar-refractivity contribution in [2.75, 3.05) is 17.2 Å². The van der Waals surface area contributed by atoms with Gasteiger partial charge in [-0.2, -0.15) is 0 Å². The van der Waals surface area contributed by atoms with Crippen molar-refractivity contribution >= 4 is 17.5 Å². The molecule has 1 aromatic heterocycles. The molecule has 0 atom stereocenters. The van der Waals surface area contributed by atoms with Crippen molar-refractivity contribution in [1.29, 1.82) is 0 Å². The Morgan fingerprint density at radius 3 is 2.70 bits per heavy atom. The van der Waals surface area contributed by atoms with E-state index >= 15 is 0 Å². The van der Waals surface area contributed by atoms with E-state index in [9.17, 15) is 4.79 Å². The van der Waals surface area contributed by atoms with Crippen LogP contribution in [0.4, 0.5) is 11.6 Å². The molecule has 6 nitrogen and oxygen atoms in total. The van der Waals surface area contributed by atoms with Crippen molar-refractivity contribution in [2.45, 2.75) is 26.3 Å². The minimum absolute atomic E-state index is 0.0189. The van der Waals surface area contributed by atoms with Crippen LogP contribution in [0, 0.1) is 0 Å². The van der Waals surface area contributed by atoms with Gasteiger partial charge < -0.3 is 10.6 Å². The third kappa shape index (κ3) is 3.57. The van der Waals surface area contributed by atoms with E-state index in [1.165, 1.54) is 11.0 Å². The van der Waals surface area contributed by atoms with Gasteiger partial charge in [-0.25, -0.2) is 9.67 Å². The summed E-state index contributed by atoms with van der Waals surface area (Å²) in [5.74, 6) is 0.159. The van der Waals surface area contributed by atoms with Crippen molar-refractivity contribution in [3.05, 3.63) is 36.7 Å². The fourth-order valence-electron chi connectivity index (χ4n) is 1.93. The predicted octanol–water partition coefficient (Wildman–Crippen LogP) is 1.69. The van der Waals surface area contributed by atoms with E-state index < -0.39 is 0 Å². The molecule has 20 heavy (non-hydrogen) atoms. The zero-order chi connectivity index (χ0) is 14.4. The number of para-hydroxylation sites is 1. The monoisotopic (exact) mass is 273 g/mol. The summed E-state index contributed by atoms with van der Waals surface area (Å²) in [4.78, 5) is 18.0. The first-order chi connectivity index (χ1) is 9.70. The second-order valence-corrected chi connectivity index (χ2v) is 4.53. The Labute approximate surface area is 118 Å². The first-order valence-corrected chi connectivity index (χ1v) is 6.71. The smallest absolute Gasteiger partial charge is 0.248 e. The number of benzene rings is 1. The maximum absolute atomic E-state index is 12.4. The summed E-state index contributed by atoms with van der Waals surface area (Å²) in [5.41, 5.74) is 6.36. The first kappa shape index (κ1) is 14.0. The van der Waals surface area contributed by atoms with Gasteiger partial charge in [0.2, 0.25) is 11.9 Å². The third-order valence-corrected chi connectivity index (χ3v) is 2.96. The molecule has 2 rings (SSSR count). The maximum Gasteiger partial charge on any atom is 0.248 e. The lowest BCUT2D eigenvalue weighted by molar-refractivity contribution is -0.119. The summed E-state index contributed by atoms with van der Waals surface area (Å²) in [7, 11) is 0. The van der Waals surface area contributed by atoms with Crippen LogP contribution < -0.4 is 10.6 Å². The molecule has 1 heterocycles. The van der Waals surface area contributed by atoms with E-state index in [4.69, 9.17) is 5.73 Å². The van der Waals surface area contributed by atoms with Crippen molar-refractivity contribution in [1.82, 2.24) is 14.8 Å².